The fourth-order valence-corrected chi connectivity index (χ4v) is 3.79. The van der Waals surface area contributed by atoms with E-state index in [2.05, 4.69) is 15.0 Å². The zero-order valence-electron chi connectivity index (χ0n) is 15.0. The van der Waals surface area contributed by atoms with E-state index in [0.717, 1.165) is 12.8 Å². The topological polar surface area (TPSA) is 114 Å². The molecule has 142 valence electrons. The van der Waals surface area contributed by atoms with Gasteiger partial charge in [0.25, 0.3) is 15.9 Å². The average Bonchev–Trinajstić information content (AvgIpc) is 2.83. The van der Waals surface area contributed by atoms with Crippen molar-refractivity contribution < 1.29 is 22.7 Å². The van der Waals surface area contributed by atoms with Gasteiger partial charge in [-0.05, 0) is 32.4 Å². The van der Waals surface area contributed by atoms with E-state index in [1.54, 1.807) is 18.2 Å². The van der Waals surface area contributed by atoms with Crippen LogP contribution in [-0.2, 0) is 24.3 Å². The zero-order valence-corrected chi connectivity index (χ0v) is 15.8. The van der Waals surface area contributed by atoms with Crippen molar-refractivity contribution in [1.82, 2.24) is 10.0 Å². The molecule has 9 heteroatoms. The summed E-state index contributed by atoms with van der Waals surface area (Å²) in [4.78, 5) is 28.0. The van der Waals surface area contributed by atoms with Gasteiger partial charge in [0.1, 0.15) is 11.9 Å². The number of ether oxygens (including phenoxy) is 1. The van der Waals surface area contributed by atoms with Crippen LogP contribution in [0.4, 0.5) is 0 Å². The number of aliphatic imine (C=N–C) groups is 1. The normalized spacial score (nSPS) is 18.5. The summed E-state index contributed by atoms with van der Waals surface area (Å²) in [6.07, 6.45) is 1.77. The second-order valence-corrected chi connectivity index (χ2v) is 7.77. The summed E-state index contributed by atoms with van der Waals surface area (Å²) in [7, 11) is -3.67. The van der Waals surface area contributed by atoms with Crippen LogP contribution in [0.2, 0.25) is 0 Å². The predicted molar refractivity (Wildman–Crippen MR) is 96.2 cm³/mol. The van der Waals surface area contributed by atoms with E-state index in [4.69, 9.17) is 4.74 Å². The van der Waals surface area contributed by atoms with Gasteiger partial charge in [0.15, 0.2) is 6.61 Å². The van der Waals surface area contributed by atoms with Gasteiger partial charge in [0.2, 0.25) is 0 Å². The van der Waals surface area contributed by atoms with Crippen LogP contribution in [0, 0.1) is 0 Å². The third-order valence-electron chi connectivity index (χ3n) is 3.80. The van der Waals surface area contributed by atoms with E-state index in [9.17, 15) is 18.0 Å². The lowest BCUT2D eigenvalue weighted by Gasteiger charge is -2.13. The predicted octanol–water partition coefficient (Wildman–Crippen LogP) is 0.962. The summed E-state index contributed by atoms with van der Waals surface area (Å²) < 4.78 is 31.3. The molecule has 8 nitrogen and oxygen atoms in total. The van der Waals surface area contributed by atoms with Crippen molar-refractivity contribution in [1.29, 1.82) is 0 Å². The van der Waals surface area contributed by atoms with Gasteiger partial charge in [-0.15, -0.1) is 0 Å². The molecule has 1 amide bonds. The minimum Gasteiger partial charge on any atom is -0.454 e. The number of benzene rings is 1. The van der Waals surface area contributed by atoms with Crippen molar-refractivity contribution in [3.63, 3.8) is 0 Å². The summed E-state index contributed by atoms with van der Waals surface area (Å²) in [5.41, 5.74) is 0.401. The number of fused-ring (bicyclic) bond motifs is 1. The number of carbonyl (C=O) groups excluding carboxylic acids is 2. The lowest BCUT2D eigenvalue weighted by atomic mass is 10.2. The number of sulfonamides is 1. The van der Waals surface area contributed by atoms with Gasteiger partial charge in [0.05, 0.1) is 4.90 Å². The average molecular weight is 381 g/mol. The van der Waals surface area contributed by atoms with Crippen LogP contribution in [0.1, 0.15) is 39.2 Å². The van der Waals surface area contributed by atoms with Gasteiger partial charge < -0.3 is 10.1 Å². The van der Waals surface area contributed by atoms with Crippen molar-refractivity contribution in [3.8, 4) is 0 Å². The van der Waals surface area contributed by atoms with Crippen LogP contribution >= 0.6 is 0 Å². The van der Waals surface area contributed by atoms with Crippen LogP contribution in [0.25, 0.3) is 0 Å². The van der Waals surface area contributed by atoms with Crippen molar-refractivity contribution in [2.75, 3.05) is 6.61 Å². The van der Waals surface area contributed by atoms with E-state index in [1.807, 2.05) is 13.8 Å². The molecule has 0 aliphatic carbocycles. The number of amides is 1. The summed E-state index contributed by atoms with van der Waals surface area (Å²) in [5.74, 6) is -1.00. The fraction of sp³-hybridized carbons (Fsp3) is 0.471. The van der Waals surface area contributed by atoms with Crippen LogP contribution in [-0.4, -0.2) is 44.8 Å². The highest BCUT2D eigenvalue weighted by Gasteiger charge is 2.31. The molecule has 2 atom stereocenters. The minimum absolute atomic E-state index is 0.00765. The quantitative estimate of drug-likeness (QED) is 0.683. The second-order valence-electron chi connectivity index (χ2n) is 6.12. The standard InChI is InChI=1S/C17H23N3O5S/c1-4-7-11(2)18-15(21)10-25-17(22)12(3)19-16-13-8-5-6-9-14(13)26(23,24)20-16/h5-6,8-9,11-12H,4,7,10H2,1-3H3,(H,18,21)(H,19,20)/t11-,12+/m0/s1. The van der Waals surface area contributed by atoms with E-state index in [-0.39, 0.29) is 22.7 Å². The van der Waals surface area contributed by atoms with E-state index in [0.29, 0.717) is 5.56 Å². The third kappa shape index (κ3) is 4.81. The highest BCUT2D eigenvalue weighted by atomic mass is 32.2. The lowest BCUT2D eigenvalue weighted by Crippen LogP contribution is -2.36. The molecule has 2 N–H and O–H groups in total. The molecule has 0 unspecified atom stereocenters. The van der Waals surface area contributed by atoms with Crippen molar-refractivity contribution in [2.45, 2.75) is 50.6 Å². The molecule has 0 spiro atoms. The molecular formula is C17H23N3O5S. The van der Waals surface area contributed by atoms with Crippen molar-refractivity contribution >= 4 is 27.7 Å². The summed E-state index contributed by atoms with van der Waals surface area (Å²) in [6.45, 7) is 4.97. The first kappa shape index (κ1) is 19.9. The van der Waals surface area contributed by atoms with Gasteiger partial charge in [-0.1, -0.05) is 25.5 Å². The molecule has 0 radical (unpaired) electrons. The second kappa shape index (κ2) is 8.31. The number of hydrogen-bond acceptors (Lipinski definition) is 6. The number of esters is 1. The monoisotopic (exact) mass is 381 g/mol. The molecular weight excluding hydrogens is 358 g/mol. The maximum Gasteiger partial charge on any atom is 0.331 e. The molecule has 0 fully saturated rings. The first-order valence-corrected chi connectivity index (χ1v) is 9.89. The number of nitrogens with one attached hydrogen (secondary N) is 2. The zero-order chi connectivity index (χ0) is 19.3. The molecule has 2 rings (SSSR count). The van der Waals surface area contributed by atoms with Crippen molar-refractivity contribution in [2.24, 2.45) is 4.99 Å². The Hall–Kier alpha value is -2.42. The Kier molecular flexibility index (Phi) is 6.36. The van der Waals surface area contributed by atoms with Crippen LogP contribution < -0.4 is 10.0 Å². The number of nitrogens with zero attached hydrogens (tertiary/aromatic N) is 1. The molecule has 1 aliphatic heterocycles. The summed E-state index contributed by atoms with van der Waals surface area (Å²) in [6, 6.07) is 5.41. The van der Waals surface area contributed by atoms with Crippen molar-refractivity contribution in [3.05, 3.63) is 29.8 Å². The molecule has 0 saturated carbocycles. The van der Waals surface area contributed by atoms with Crippen LogP contribution in [0.15, 0.2) is 34.2 Å². The SMILES string of the molecule is CCC[C@H](C)NC(=O)COC(=O)[C@@H](C)N=C1NS(=O)(=O)c2ccccc21. The Morgan fingerprint density at radius 3 is 2.65 bits per heavy atom. The first-order valence-electron chi connectivity index (χ1n) is 8.40. The Labute approximate surface area is 153 Å². The van der Waals surface area contributed by atoms with E-state index in [1.165, 1.54) is 13.0 Å². The molecule has 1 aliphatic rings. The molecule has 0 aromatic heterocycles. The largest absolute Gasteiger partial charge is 0.454 e. The third-order valence-corrected chi connectivity index (χ3v) is 5.20. The van der Waals surface area contributed by atoms with Gasteiger partial charge >= 0.3 is 5.97 Å². The van der Waals surface area contributed by atoms with E-state index >= 15 is 0 Å². The van der Waals surface area contributed by atoms with E-state index < -0.39 is 28.6 Å². The lowest BCUT2D eigenvalue weighted by molar-refractivity contribution is -0.149. The highest BCUT2D eigenvalue weighted by molar-refractivity contribution is 7.90. The molecule has 1 aromatic rings. The van der Waals surface area contributed by atoms with Gasteiger partial charge in [0, 0.05) is 11.6 Å². The number of carbonyl (C=O) groups is 2. The smallest absolute Gasteiger partial charge is 0.331 e. The number of amidine groups is 1. The number of hydrogen-bond donors (Lipinski definition) is 2. The minimum atomic E-state index is -3.67. The highest BCUT2D eigenvalue weighted by Crippen LogP contribution is 2.22. The number of rotatable bonds is 7. The Morgan fingerprint density at radius 1 is 1.27 bits per heavy atom. The first-order chi connectivity index (χ1) is 12.2. The Balaban J connectivity index is 1.97. The molecule has 0 bridgehead atoms. The summed E-state index contributed by atoms with van der Waals surface area (Å²) >= 11 is 0. The van der Waals surface area contributed by atoms with Crippen LogP contribution in [0.3, 0.4) is 0 Å². The van der Waals surface area contributed by atoms with Gasteiger partial charge in [-0.2, -0.15) is 0 Å². The van der Waals surface area contributed by atoms with Gasteiger partial charge in [-0.25, -0.2) is 13.2 Å². The molecule has 0 saturated heterocycles. The van der Waals surface area contributed by atoms with Crippen LogP contribution in [0.5, 0.6) is 0 Å². The van der Waals surface area contributed by atoms with Gasteiger partial charge in [-0.3, -0.25) is 14.5 Å². The molecule has 1 aromatic carbocycles. The molecule has 1 heterocycles. The Bertz CT molecular complexity index is 819. The maximum atomic E-state index is 12.0. The fourth-order valence-electron chi connectivity index (χ4n) is 2.56. The summed E-state index contributed by atoms with van der Waals surface area (Å²) in [5, 5.41) is 2.73. The maximum absolute atomic E-state index is 12.0. The molecule has 26 heavy (non-hydrogen) atoms. The Morgan fingerprint density at radius 2 is 1.96 bits per heavy atom.